The van der Waals surface area contributed by atoms with E-state index in [2.05, 4.69) is 14.9 Å². The van der Waals surface area contributed by atoms with Crippen molar-refractivity contribution in [2.75, 3.05) is 24.7 Å². The molecule has 0 bridgehead atoms. The molecule has 0 amide bonds. The van der Waals surface area contributed by atoms with E-state index in [9.17, 15) is 0 Å². The van der Waals surface area contributed by atoms with Crippen LogP contribution in [0, 0.1) is 5.92 Å². The van der Waals surface area contributed by atoms with Gasteiger partial charge in [-0.1, -0.05) is 0 Å². The lowest BCUT2D eigenvalue weighted by atomic mass is 10.0. The first-order valence-corrected chi connectivity index (χ1v) is 9.41. The number of hydrogen-bond donors (Lipinski definition) is 0. The summed E-state index contributed by atoms with van der Waals surface area (Å²) >= 11 is 3.36. The summed E-state index contributed by atoms with van der Waals surface area (Å²) in [5.41, 5.74) is 0. The van der Waals surface area contributed by atoms with Gasteiger partial charge in [0.2, 0.25) is 0 Å². The predicted octanol–water partition coefficient (Wildman–Crippen LogP) is 2.80. The zero-order valence-corrected chi connectivity index (χ0v) is 13.9. The smallest absolute Gasteiger partial charge is 0.185 e. The third-order valence-corrected chi connectivity index (χ3v) is 5.99. The van der Waals surface area contributed by atoms with E-state index >= 15 is 0 Å². The van der Waals surface area contributed by atoms with Gasteiger partial charge in [-0.3, -0.25) is 0 Å². The number of thiazole rings is 2. The second-order valence-corrected chi connectivity index (χ2v) is 7.54. The summed E-state index contributed by atoms with van der Waals surface area (Å²) in [4.78, 5) is 11.2. The Morgan fingerprint density at radius 2 is 2.14 bits per heavy atom. The molecule has 5 nitrogen and oxygen atoms in total. The van der Waals surface area contributed by atoms with Crippen molar-refractivity contribution < 1.29 is 9.47 Å². The normalized spacial score (nSPS) is 28.0. The quantitative estimate of drug-likeness (QED) is 0.840. The van der Waals surface area contributed by atoms with E-state index in [1.54, 1.807) is 22.7 Å². The van der Waals surface area contributed by atoms with Crippen molar-refractivity contribution in [3.63, 3.8) is 0 Å². The van der Waals surface area contributed by atoms with Crippen LogP contribution in [0.25, 0.3) is 0 Å². The topological polar surface area (TPSA) is 47.5 Å². The van der Waals surface area contributed by atoms with Crippen LogP contribution >= 0.6 is 22.7 Å². The van der Waals surface area contributed by atoms with Gasteiger partial charge in [-0.2, -0.15) is 0 Å². The van der Waals surface area contributed by atoms with Gasteiger partial charge in [0, 0.05) is 35.6 Å². The van der Waals surface area contributed by atoms with Gasteiger partial charge >= 0.3 is 0 Å². The van der Waals surface area contributed by atoms with E-state index < -0.39 is 0 Å². The van der Waals surface area contributed by atoms with Gasteiger partial charge in [0.05, 0.1) is 32.0 Å². The van der Waals surface area contributed by atoms with Crippen LogP contribution in [0.1, 0.15) is 17.8 Å². The van der Waals surface area contributed by atoms with Crippen molar-refractivity contribution in [2.24, 2.45) is 5.92 Å². The van der Waals surface area contributed by atoms with Crippen LogP contribution in [-0.4, -0.2) is 41.9 Å². The first kappa shape index (κ1) is 14.6. The first-order chi connectivity index (χ1) is 10.9. The Morgan fingerprint density at radius 1 is 1.23 bits per heavy atom. The van der Waals surface area contributed by atoms with Crippen LogP contribution in [0.5, 0.6) is 0 Å². The number of ether oxygens (including phenoxy) is 2. The first-order valence-electron chi connectivity index (χ1n) is 7.65. The van der Waals surface area contributed by atoms with Crippen LogP contribution in [0.15, 0.2) is 23.2 Å². The van der Waals surface area contributed by atoms with Gasteiger partial charge in [-0.15, -0.1) is 22.7 Å². The molecule has 3 unspecified atom stereocenters. The minimum atomic E-state index is 0.272. The maximum atomic E-state index is 6.07. The average molecular weight is 337 g/mol. The molecule has 1 saturated carbocycles. The molecule has 118 valence electrons. The number of anilines is 1. The molecule has 0 aromatic carbocycles. The molecule has 2 aliphatic rings. The van der Waals surface area contributed by atoms with Crippen LogP contribution in [0.3, 0.4) is 0 Å². The monoisotopic (exact) mass is 337 g/mol. The highest BCUT2D eigenvalue weighted by Crippen LogP contribution is 2.37. The van der Waals surface area contributed by atoms with Crippen LogP contribution in [0.4, 0.5) is 5.13 Å². The van der Waals surface area contributed by atoms with Crippen molar-refractivity contribution in [2.45, 2.75) is 31.6 Å². The second kappa shape index (κ2) is 6.62. The van der Waals surface area contributed by atoms with Gasteiger partial charge in [0.25, 0.3) is 0 Å². The standard InChI is InChI=1S/C15H19N3O2S2/c1-2-12-14(11(1)9-19-10-13-16-3-7-21-13)20-6-5-18(12)15-17-4-8-22-15/h3-4,7-8,11-12,14H,1-2,5-6,9-10H2. The Kier molecular flexibility index (Phi) is 4.38. The van der Waals surface area contributed by atoms with E-state index in [1.165, 1.54) is 0 Å². The summed E-state index contributed by atoms with van der Waals surface area (Å²) in [6.07, 6.45) is 6.30. The van der Waals surface area contributed by atoms with Crippen molar-refractivity contribution in [1.29, 1.82) is 0 Å². The predicted molar refractivity (Wildman–Crippen MR) is 87.5 cm³/mol. The number of rotatable bonds is 5. The molecular weight excluding hydrogens is 318 g/mol. The minimum Gasteiger partial charge on any atom is -0.374 e. The van der Waals surface area contributed by atoms with Crippen molar-refractivity contribution in [1.82, 2.24) is 9.97 Å². The van der Waals surface area contributed by atoms with Crippen molar-refractivity contribution in [3.8, 4) is 0 Å². The Labute approximate surface area is 137 Å². The number of hydrogen-bond acceptors (Lipinski definition) is 7. The molecule has 3 heterocycles. The number of morpholine rings is 1. The maximum Gasteiger partial charge on any atom is 0.185 e. The summed E-state index contributed by atoms with van der Waals surface area (Å²) < 4.78 is 11.9. The summed E-state index contributed by atoms with van der Waals surface area (Å²) in [6, 6.07) is 0.452. The molecule has 2 aromatic rings. The minimum absolute atomic E-state index is 0.272. The molecule has 4 rings (SSSR count). The lowest BCUT2D eigenvalue weighted by Gasteiger charge is -2.39. The second-order valence-electron chi connectivity index (χ2n) is 5.69. The van der Waals surface area contributed by atoms with Gasteiger partial charge in [0.15, 0.2) is 5.13 Å². The molecule has 7 heteroatoms. The molecule has 0 radical (unpaired) electrons. The Balaban J connectivity index is 1.36. The van der Waals surface area contributed by atoms with Crippen LogP contribution < -0.4 is 4.90 Å². The summed E-state index contributed by atoms with van der Waals surface area (Å²) in [6.45, 7) is 3.10. The van der Waals surface area contributed by atoms with Gasteiger partial charge < -0.3 is 14.4 Å². The van der Waals surface area contributed by atoms with E-state index in [-0.39, 0.29) is 6.10 Å². The molecule has 2 fully saturated rings. The summed E-state index contributed by atoms with van der Waals surface area (Å²) in [5, 5.41) is 6.20. The molecule has 3 atom stereocenters. The third kappa shape index (κ3) is 2.90. The lowest BCUT2D eigenvalue weighted by molar-refractivity contribution is -0.0307. The fourth-order valence-corrected chi connectivity index (χ4v) is 4.74. The van der Waals surface area contributed by atoms with E-state index in [1.807, 2.05) is 23.2 Å². The number of fused-ring (bicyclic) bond motifs is 1. The van der Waals surface area contributed by atoms with Gasteiger partial charge in [-0.25, -0.2) is 9.97 Å². The highest BCUT2D eigenvalue weighted by Gasteiger charge is 2.43. The number of aromatic nitrogens is 2. The Morgan fingerprint density at radius 3 is 2.95 bits per heavy atom. The highest BCUT2D eigenvalue weighted by molar-refractivity contribution is 7.13. The molecule has 22 heavy (non-hydrogen) atoms. The molecule has 2 aromatic heterocycles. The van der Waals surface area contributed by atoms with Gasteiger partial charge in [-0.05, 0) is 12.8 Å². The highest BCUT2D eigenvalue weighted by atomic mass is 32.1. The van der Waals surface area contributed by atoms with Gasteiger partial charge in [0.1, 0.15) is 5.01 Å². The zero-order chi connectivity index (χ0) is 14.8. The number of nitrogens with zero attached hydrogens (tertiary/aromatic N) is 3. The fourth-order valence-electron chi connectivity index (χ4n) is 3.46. The Hall–Kier alpha value is -1.02. The molecule has 1 aliphatic carbocycles. The third-order valence-electron chi connectivity index (χ3n) is 4.43. The SMILES string of the molecule is c1csc(COCC2CCC3C2OCCN3c2nccs2)n1. The Bertz CT molecular complexity index is 576. The molecule has 1 saturated heterocycles. The maximum absolute atomic E-state index is 6.07. The van der Waals surface area contributed by atoms with Crippen molar-refractivity contribution in [3.05, 3.63) is 28.2 Å². The lowest BCUT2D eigenvalue weighted by Crippen LogP contribution is -2.50. The summed E-state index contributed by atoms with van der Waals surface area (Å²) in [5.74, 6) is 0.479. The molecular formula is C15H19N3O2S2. The van der Waals surface area contributed by atoms with E-state index in [4.69, 9.17) is 9.47 Å². The van der Waals surface area contributed by atoms with Crippen LogP contribution in [0.2, 0.25) is 0 Å². The molecule has 0 N–H and O–H groups in total. The fraction of sp³-hybridized carbons (Fsp3) is 0.600. The van der Waals surface area contributed by atoms with Crippen LogP contribution in [-0.2, 0) is 16.1 Å². The average Bonchev–Trinajstić information content (AvgIpc) is 3.29. The molecule has 0 spiro atoms. The zero-order valence-electron chi connectivity index (χ0n) is 12.3. The largest absolute Gasteiger partial charge is 0.374 e. The summed E-state index contributed by atoms with van der Waals surface area (Å²) in [7, 11) is 0. The van der Waals surface area contributed by atoms with E-state index in [0.29, 0.717) is 18.6 Å². The molecule has 1 aliphatic heterocycles. The van der Waals surface area contributed by atoms with E-state index in [0.717, 1.165) is 42.7 Å². The van der Waals surface area contributed by atoms with Crippen molar-refractivity contribution >= 4 is 27.8 Å².